The smallest absolute Gasteiger partial charge is 0.234 e. The van der Waals surface area contributed by atoms with Gasteiger partial charge in [0.15, 0.2) is 0 Å². The van der Waals surface area contributed by atoms with Crippen LogP contribution in [0.25, 0.3) is 0 Å². The maximum atomic E-state index is 12.6. The quantitative estimate of drug-likeness (QED) is 0.682. The van der Waals surface area contributed by atoms with Crippen LogP contribution in [0.3, 0.4) is 0 Å². The highest BCUT2D eigenvalue weighted by Crippen LogP contribution is 2.64. The lowest BCUT2D eigenvalue weighted by Gasteiger charge is -2.60. The van der Waals surface area contributed by atoms with E-state index >= 15 is 0 Å². The Morgan fingerprint density at radius 3 is 2.64 bits per heavy atom. The van der Waals surface area contributed by atoms with Crippen LogP contribution in [-0.4, -0.2) is 52.0 Å². The average molecular weight is 413 g/mol. The lowest BCUT2D eigenvalue weighted by molar-refractivity contribution is -0.125. The number of alkyl halides is 1. The van der Waals surface area contributed by atoms with E-state index < -0.39 is 0 Å². The molecular formula is C20H33BrN2O2. The molecule has 4 nitrogen and oxygen atoms in total. The SMILES string of the molecule is C[C@@H](O)[C@@H]1CCCCN1CC(=O)NCC12C[C@H]3C[C@@H](CC(Br)(C3)C1)C2. The normalized spacial score (nSPS) is 44.7. The van der Waals surface area contributed by atoms with Crippen molar-refractivity contribution in [1.82, 2.24) is 10.2 Å². The van der Waals surface area contributed by atoms with E-state index in [9.17, 15) is 9.90 Å². The molecule has 5 rings (SSSR count). The standard InChI is InChI=1S/C20H33BrN2O2/c1-14(24)17-4-2-3-5-23(17)11-18(25)22-13-19-7-15-6-16(8-19)10-20(21,9-15)12-19/h14-17,24H,2-13H2,1H3,(H,22,25)/t14-,15-,16-,17+,19?,20?/m1/s1. The number of amides is 1. The molecule has 2 N–H and O–H groups in total. The fourth-order valence-corrected chi connectivity index (χ4v) is 8.34. The largest absolute Gasteiger partial charge is 0.392 e. The number of carbonyl (C=O) groups is 1. The fraction of sp³-hybridized carbons (Fsp3) is 0.950. The zero-order chi connectivity index (χ0) is 17.7. The Morgan fingerprint density at radius 1 is 1.28 bits per heavy atom. The number of hydrogen-bond donors (Lipinski definition) is 2. The van der Waals surface area contributed by atoms with Crippen molar-refractivity contribution in [1.29, 1.82) is 0 Å². The third-order valence-electron chi connectivity index (χ3n) is 7.34. The molecule has 142 valence electrons. The minimum Gasteiger partial charge on any atom is -0.392 e. The second-order valence-corrected chi connectivity index (χ2v) is 11.3. The van der Waals surface area contributed by atoms with Gasteiger partial charge in [0.05, 0.1) is 12.6 Å². The van der Waals surface area contributed by atoms with E-state index in [-0.39, 0.29) is 18.1 Å². The highest BCUT2D eigenvalue weighted by molar-refractivity contribution is 9.10. The van der Waals surface area contributed by atoms with Crippen LogP contribution in [0, 0.1) is 17.3 Å². The summed E-state index contributed by atoms with van der Waals surface area (Å²) >= 11 is 4.05. The van der Waals surface area contributed by atoms with Gasteiger partial charge in [-0.3, -0.25) is 9.69 Å². The molecule has 0 aromatic rings. The number of nitrogens with one attached hydrogen (secondary N) is 1. The summed E-state index contributed by atoms with van der Waals surface area (Å²) in [7, 11) is 0. The molecule has 5 aliphatic rings. The predicted octanol–water partition coefficient (Wildman–Crippen LogP) is 3.07. The predicted molar refractivity (Wildman–Crippen MR) is 103 cm³/mol. The second-order valence-electron chi connectivity index (χ2n) is 9.66. The van der Waals surface area contributed by atoms with E-state index in [0.29, 0.717) is 16.3 Å². The number of rotatable bonds is 5. The van der Waals surface area contributed by atoms with Crippen LogP contribution in [0.5, 0.6) is 0 Å². The Bertz CT molecular complexity index is 510. The molecule has 0 aromatic heterocycles. The van der Waals surface area contributed by atoms with Gasteiger partial charge < -0.3 is 10.4 Å². The minimum absolute atomic E-state index is 0.143. The van der Waals surface area contributed by atoms with Crippen molar-refractivity contribution in [2.45, 2.75) is 81.2 Å². The van der Waals surface area contributed by atoms with Crippen LogP contribution in [0.1, 0.15) is 64.7 Å². The van der Waals surface area contributed by atoms with Crippen molar-refractivity contribution in [3.63, 3.8) is 0 Å². The van der Waals surface area contributed by atoms with Gasteiger partial charge in [0, 0.05) is 16.9 Å². The van der Waals surface area contributed by atoms with Crippen molar-refractivity contribution >= 4 is 21.8 Å². The maximum Gasteiger partial charge on any atom is 0.234 e. The van der Waals surface area contributed by atoms with Gasteiger partial charge >= 0.3 is 0 Å². The molecule has 1 heterocycles. The first-order valence-corrected chi connectivity index (χ1v) is 11.0. The monoisotopic (exact) mass is 412 g/mol. The van der Waals surface area contributed by atoms with E-state index in [1.54, 1.807) is 0 Å². The first kappa shape index (κ1) is 18.2. The van der Waals surface area contributed by atoms with Crippen LogP contribution in [0.2, 0.25) is 0 Å². The van der Waals surface area contributed by atoms with Crippen molar-refractivity contribution in [2.75, 3.05) is 19.6 Å². The molecule has 4 bridgehead atoms. The van der Waals surface area contributed by atoms with Crippen molar-refractivity contribution in [3.8, 4) is 0 Å². The number of halogens is 1. The number of aliphatic hydroxyl groups excluding tert-OH is 1. The molecule has 1 aliphatic heterocycles. The Kier molecular flexibility index (Phi) is 4.96. The summed E-state index contributed by atoms with van der Waals surface area (Å²) in [6.07, 6.45) is 10.9. The highest BCUT2D eigenvalue weighted by Gasteiger charge is 2.56. The zero-order valence-electron chi connectivity index (χ0n) is 15.5. The summed E-state index contributed by atoms with van der Waals surface area (Å²) < 4.78 is 0.353. The summed E-state index contributed by atoms with van der Waals surface area (Å²) in [4.78, 5) is 14.8. The molecule has 0 unspecified atom stereocenters. The Labute approximate surface area is 160 Å². The fourth-order valence-electron chi connectivity index (χ4n) is 6.83. The van der Waals surface area contributed by atoms with E-state index in [2.05, 4.69) is 26.1 Å². The van der Waals surface area contributed by atoms with Gasteiger partial charge in [0.1, 0.15) is 0 Å². The summed E-state index contributed by atoms with van der Waals surface area (Å²) in [6.45, 7) is 4.08. The molecule has 4 atom stereocenters. The number of likely N-dealkylation sites (tertiary alicyclic amines) is 1. The minimum atomic E-state index is -0.357. The van der Waals surface area contributed by atoms with Gasteiger partial charge in [-0.2, -0.15) is 0 Å². The Morgan fingerprint density at radius 2 is 2.00 bits per heavy atom. The molecule has 4 saturated carbocycles. The van der Waals surface area contributed by atoms with E-state index in [0.717, 1.165) is 44.2 Å². The van der Waals surface area contributed by atoms with Crippen LogP contribution in [0.4, 0.5) is 0 Å². The molecule has 1 amide bonds. The third-order valence-corrected chi connectivity index (χ3v) is 8.27. The summed E-state index contributed by atoms with van der Waals surface area (Å²) in [5.41, 5.74) is 0.328. The topological polar surface area (TPSA) is 52.6 Å². The average Bonchev–Trinajstić information content (AvgIpc) is 2.51. The van der Waals surface area contributed by atoms with Gasteiger partial charge in [-0.05, 0) is 82.1 Å². The molecule has 4 aliphatic carbocycles. The molecular weight excluding hydrogens is 380 g/mol. The van der Waals surface area contributed by atoms with Crippen molar-refractivity contribution in [3.05, 3.63) is 0 Å². The molecule has 0 aromatic carbocycles. The lowest BCUT2D eigenvalue weighted by atomic mass is 9.49. The van der Waals surface area contributed by atoms with Crippen LogP contribution in [0.15, 0.2) is 0 Å². The first-order chi connectivity index (χ1) is 11.9. The van der Waals surface area contributed by atoms with E-state index in [1.165, 1.54) is 38.5 Å². The molecule has 1 saturated heterocycles. The van der Waals surface area contributed by atoms with Crippen molar-refractivity contribution < 1.29 is 9.90 Å². The first-order valence-electron chi connectivity index (χ1n) is 10.2. The molecule has 25 heavy (non-hydrogen) atoms. The zero-order valence-corrected chi connectivity index (χ0v) is 17.1. The Balaban J connectivity index is 1.33. The number of hydrogen-bond acceptors (Lipinski definition) is 3. The van der Waals surface area contributed by atoms with Crippen LogP contribution in [-0.2, 0) is 4.79 Å². The van der Waals surface area contributed by atoms with E-state index in [1.807, 2.05) is 6.92 Å². The maximum absolute atomic E-state index is 12.6. The van der Waals surface area contributed by atoms with Gasteiger partial charge in [0.25, 0.3) is 0 Å². The summed E-state index contributed by atoms with van der Waals surface area (Å²) in [5.74, 6) is 1.87. The van der Waals surface area contributed by atoms with Crippen LogP contribution >= 0.6 is 15.9 Å². The lowest BCUT2D eigenvalue weighted by Crippen LogP contribution is -2.57. The Hall–Kier alpha value is -0.130. The summed E-state index contributed by atoms with van der Waals surface area (Å²) in [6, 6.07) is 0.143. The number of carbonyl (C=O) groups excluding carboxylic acids is 1. The molecule has 0 radical (unpaired) electrons. The molecule has 0 spiro atoms. The van der Waals surface area contributed by atoms with Crippen LogP contribution < -0.4 is 5.32 Å². The molecule has 5 fully saturated rings. The third kappa shape index (κ3) is 3.79. The van der Waals surface area contributed by atoms with E-state index in [4.69, 9.17) is 0 Å². The number of piperidine rings is 1. The molecule has 5 heteroatoms. The highest BCUT2D eigenvalue weighted by atomic mass is 79.9. The second kappa shape index (κ2) is 6.79. The number of aliphatic hydroxyl groups is 1. The van der Waals surface area contributed by atoms with Gasteiger partial charge in [0.2, 0.25) is 5.91 Å². The van der Waals surface area contributed by atoms with Gasteiger partial charge in [-0.1, -0.05) is 22.4 Å². The van der Waals surface area contributed by atoms with Crippen molar-refractivity contribution in [2.24, 2.45) is 17.3 Å². The van der Waals surface area contributed by atoms with Gasteiger partial charge in [-0.15, -0.1) is 0 Å². The number of nitrogens with zero attached hydrogens (tertiary/aromatic N) is 1. The summed E-state index contributed by atoms with van der Waals surface area (Å²) in [5, 5.41) is 13.3. The van der Waals surface area contributed by atoms with Gasteiger partial charge in [-0.25, -0.2) is 0 Å².